The Bertz CT molecular complexity index is 981. The first kappa shape index (κ1) is 23.4. The Morgan fingerprint density at radius 2 is 1.91 bits per heavy atom. The van der Waals surface area contributed by atoms with Crippen LogP contribution in [0.1, 0.15) is 37.7 Å². The quantitative estimate of drug-likeness (QED) is 0.600. The minimum Gasteiger partial charge on any atom is -0.381 e. The molecule has 1 aliphatic heterocycles. The fraction of sp³-hybridized carbons (Fsp3) is 0.545. The second kappa shape index (κ2) is 10.0. The molecule has 1 saturated heterocycles. The molecule has 1 aliphatic carbocycles. The summed E-state index contributed by atoms with van der Waals surface area (Å²) in [7, 11) is 0. The molecule has 0 radical (unpaired) electrons. The average molecular weight is 464 g/mol. The van der Waals surface area contributed by atoms with E-state index in [0.29, 0.717) is 44.3 Å². The van der Waals surface area contributed by atoms with Gasteiger partial charge in [-0.15, -0.1) is 0 Å². The van der Waals surface area contributed by atoms with Crippen molar-refractivity contribution in [2.45, 2.75) is 44.3 Å². The maximum atomic E-state index is 13.7. The van der Waals surface area contributed by atoms with Crippen LogP contribution in [0.4, 0.5) is 24.8 Å². The second-order valence-corrected chi connectivity index (χ2v) is 8.60. The number of nitrogens with two attached hydrogens (primary N) is 1. The molecule has 2 aromatic rings. The topological polar surface area (TPSA) is 115 Å². The van der Waals surface area contributed by atoms with E-state index in [1.807, 2.05) is 0 Å². The van der Waals surface area contributed by atoms with Crippen LogP contribution in [-0.2, 0) is 15.7 Å². The first-order valence-electron chi connectivity index (χ1n) is 11.1. The monoisotopic (exact) mass is 464 g/mol. The van der Waals surface area contributed by atoms with E-state index in [-0.39, 0.29) is 34.9 Å². The molecular weight excluding hydrogens is 437 g/mol. The molecule has 2 atom stereocenters. The van der Waals surface area contributed by atoms with Crippen LogP contribution in [0.15, 0.2) is 24.7 Å². The van der Waals surface area contributed by atoms with Crippen molar-refractivity contribution in [2.24, 2.45) is 17.6 Å². The van der Waals surface area contributed by atoms with Gasteiger partial charge in [-0.05, 0) is 44.1 Å². The first-order chi connectivity index (χ1) is 15.8. The molecule has 0 bridgehead atoms. The van der Waals surface area contributed by atoms with Gasteiger partial charge < -0.3 is 21.1 Å². The Balaban J connectivity index is 1.55. The highest BCUT2D eigenvalue weighted by molar-refractivity contribution is 5.92. The van der Waals surface area contributed by atoms with E-state index in [1.165, 1.54) is 18.5 Å². The maximum Gasteiger partial charge on any atom is 0.418 e. The van der Waals surface area contributed by atoms with E-state index in [1.54, 1.807) is 0 Å². The Kier molecular flexibility index (Phi) is 7.08. The van der Waals surface area contributed by atoms with Gasteiger partial charge in [-0.3, -0.25) is 9.78 Å². The summed E-state index contributed by atoms with van der Waals surface area (Å²) in [5.41, 5.74) is 4.76. The van der Waals surface area contributed by atoms with Crippen LogP contribution in [0.5, 0.6) is 0 Å². The summed E-state index contributed by atoms with van der Waals surface area (Å²) in [6.45, 7) is 2.03. The highest BCUT2D eigenvalue weighted by Gasteiger charge is 2.35. The van der Waals surface area contributed by atoms with E-state index in [2.05, 4.69) is 25.6 Å². The Morgan fingerprint density at radius 3 is 2.61 bits per heavy atom. The highest BCUT2D eigenvalue weighted by Crippen LogP contribution is 2.37. The van der Waals surface area contributed by atoms with E-state index in [4.69, 9.17) is 10.5 Å². The SMILES string of the molecule is NC1CCC(C(=O)Nc2cc(-c3cncc(NCC4CCOCC4)n3)c(C(F)(F)F)cn2)C1. The maximum absolute atomic E-state index is 13.7. The lowest BCUT2D eigenvalue weighted by Crippen LogP contribution is -2.24. The molecule has 0 aromatic carbocycles. The molecule has 2 aromatic heterocycles. The van der Waals surface area contributed by atoms with Crippen molar-refractivity contribution in [3.8, 4) is 11.3 Å². The third-order valence-corrected chi connectivity index (χ3v) is 6.13. The molecule has 1 saturated carbocycles. The van der Waals surface area contributed by atoms with Crippen LogP contribution in [0, 0.1) is 11.8 Å². The van der Waals surface area contributed by atoms with Crippen molar-refractivity contribution in [3.05, 3.63) is 30.2 Å². The van der Waals surface area contributed by atoms with Crippen molar-refractivity contribution in [3.63, 3.8) is 0 Å². The number of carbonyl (C=O) groups excluding carboxylic acids is 1. The fourth-order valence-corrected chi connectivity index (χ4v) is 4.22. The molecule has 2 unspecified atom stereocenters. The molecule has 2 fully saturated rings. The summed E-state index contributed by atoms with van der Waals surface area (Å²) in [5.74, 6) is 0.255. The number of nitrogens with zero attached hydrogens (tertiary/aromatic N) is 3. The number of carbonyl (C=O) groups is 1. The molecule has 4 rings (SSSR count). The number of anilines is 2. The third kappa shape index (κ3) is 5.97. The lowest BCUT2D eigenvalue weighted by atomic mass is 10.0. The number of amides is 1. The molecule has 8 nitrogen and oxygen atoms in total. The third-order valence-electron chi connectivity index (χ3n) is 6.13. The van der Waals surface area contributed by atoms with Gasteiger partial charge in [0.1, 0.15) is 11.6 Å². The van der Waals surface area contributed by atoms with Crippen molar-refractivity contribution in [2.75, 3.05) is 30.4 Å². The Hall–Kier alpha value is -2.79. The van der Waals surface area contributed by atoms with Gasteiger partial charge >= 0.3 is 6.18 Å². The van der Waals surface area contributed by atoms with Gasteiger partial charge in [-0.2, -0.15) is 13.2 Å². The molecule has 4 N–H and O–H groups in total. The summed E-state index contributed by atoms with van der Waals surface area (Å²) in [6, 6.07) is 1.16. The lowest BCUT2D eigenvalue weighted by Gasteiger charge is -2.22. The summed E-state index contributed by atoms with van der Waals surface area (Å²) in [5, 5.41) is 5.79. The molecule has 0 spiro atoms. The number of pyridine rings is 1. The number of nitrogens with one attached hydrogen (secondary N) is 2. The molecule has 33 heavy (non-hydrogen) atoms. The van der Waals surface area contributed by atoms with Gasteiger partial charge in [0.05, 0.1) is 23.7 Å². The number of rotatable bonds is 6. The number of ether oxygens (including phenoxy) is 1. The second-order valence-electron chi connectivity index (χ2n) is 8.60. The fourth-order valence-electron chi connectivity index (χ4n) is 4.22. The van der Waals surface area contributed by atoms with E-state index in [0.717, 1.165) is 25.5 Å². The zero-order valence-corrected chi connectivity index (χ0v) is 18.1. The normalized spacial score (nSPS) is 21.7. The van der Waals surface area contributed by atoms with Crippen LogP contribution in [0.2, 0.25) is 0 Å². The number of hydrogen-bond donors (Lipinski definition) is 3. The smallest absolute Gasteiger partial charge is 0.381 e. The molecule has 178 valence electrons. The van der Waals surface area contributed by atoms with Gasteiger partial charge in [0, 0.05) is 43.5 Å². The number of aromatic nitrogens is 3. The van der Waals surface area contributed by atoms with Crippen LogP contribution >= 0.6 is 0 Å². The standard InChI is InChI=1S/C22H27F3N6O2/c23-22(24,25)17-10-29-19(31-21(32)14-1-2-15(26)7-14)8-16(17)18-11-27-12-20(30-18)28-9-13-3-5-33-6-4-13/h8,10-15H,1-7,9,26H2,(H,28,30)(H,29,31,32). The van der Waals surface area contributed by atoms with Crippen LogP contribution in [0.25, 0.3) is 11.3 Å². The summed E-state index contributed by atoms with van der Waals surface area (Å²) in [6.07, 6.45) is 2.58. The minimum atomic E-state index is -4.64. The van der Waals surface area contributed by atoms with Crippen molar-refractivity contribution < 1.29 is 22.7 Å². The number of hydrogen-bond acceptors (Lipinski definition) is 7. The minimum absolute atomic E-state index is 0.0332. The average Bonchev–Trinajstić information content (AvgIpc) is 3.24. The molecule has 3 heterocycles. The van der Waals surface area contributed by atoms with Crippen molar-refractivity contribution in [1.82, 2.24) is 15.0 Å². The Morgan fingerprint density at radius 1 is 1.12 bits per heavy atom. The predicted octanol–water partition coefficient (Wildman–Crippen LogP) is 3.46. The van der Waals surface area contributed by atoms with E-state index in [9.17, 15) is 18.0 Å². The molecular formula is C22H27F3N6O2. The van der Waals surface area contributed by atoms with E-state index < -0.39 is 11.7 Å². The first-order valence-corrected chi connectivity index (χ1v) is 11.1. The Labute approximate surface area is 189 Å². The summed E-state index contributed by atoms with van der Waals surface area (Å²) < 4.78 is 46.4. The lowest BCUT2D eigenvalue weighted by molar-refractivity contribution is -0.137. The van der Waals surface area contributed by atoms with Gasteiger partial charge in [-0.1, -0.05) is 0 Å². The molecule has 2 aliphatic rings. The highest BCUT2D eigenvalue weighted by atomic mass is 19.4. The van der Waals surface area contributed by atoms with Gasteiger partial charge in [0.2, 0.25) is 5.91 Å². The van der Waals surface area contributed by atoms with Gasteiger partial charge in [0.25, 0.3) is 0 Å². The van der Waals surface area contributed by atoms with Crippen LogP contribution in [-0.4, -0.2) is 46.7 Å². The summed E-state index contributed by atoms with van der Waals surface area (Å²) >= 11 is 0. The molecule has 11 heteroatoms. The van der Waals surface area contributed by atoms with Crippen molar-refractivity contribution >= 4 is 17.5 Å². The molecule has 1 amide bonds. The number of alkyl halides is 3. The van der Waals surface area contributed by atoms with Gasteiger partial charge in [-0.25, -0.2) is 9.97 Å². The number of halogens is 3. The van der Waals surface area contributed by atoms with Crippen LogP contribution in [0.3, 0.4) is 0 Å². The zero-order valence-electron chi connectivity index (χ0n) is 18.1. The van der Waals surface area contributed by atoms with E-state index >= 15 is 0 Å². The zero-order chi connectivity index (χ0) is 23.4. The van der Waals surface area contributed by atoms with Gasteiger partial charge in [0.15, 0.2) is 0 Å². The largest absolute Gasteiger partial charge is 0.418 e. The van der Waals surface area contributed by atoms with Crippen molar-refractivity contribution in [1.29, 1.82) is 0 Å². The van der Waals surface area contributed by atoms with Crippen LogP contribution < -0.4 is 16.4 Å². The summed E-state index contributed by atoms with van der Waals surface area (Å²) in [4.78, 5) is 24.7. The predicted molar refractivity (Wildman–Crippen MR) is 116 cm³/mol.